The largest absolute Gasteiger partial charge is 0.450 e. The first-order valence-electron chi connectivity index (χ1n) is 9.26. The number of nitrogens with zero attached hydrogens (tertiary/aromatic N) is 1. The van der Waals surface area contributed by atoms with Crippen LogP contribution >= 0.6 is 0 Å². The third-order valence-corrected chi connectivity index (χ3v) is 4.46. The van der Waals surface area contributed by atoms with Crippen molar-refractivity contribution in [1.29, 1.82) is 0 Å². The van der Waals surface area contributed by atoms with Crippen molar-refractivity contribution in [3.8, 4) is 0 Å². The van der Waals surface area contributed by atoms with Gasteiger partial charge in [-0.15, -0.1) is 0 Å². The van der Waals surface area contributed by atoms with Crippen molar-refractivity contribution >= 4 is 17.7 Å². The lowest BCUT2D eigenvalue weighted by molar-refractivity contribution is -0.895. The number of anilines is 1. The van der Waals surface area contributed by atoms with Crippen molar-refractivity contribution in [3.05, 3.63) is 29.8 Å². The van der Waals surface area contributed by atoms with Gasteiger partial charge in [0.15, 0.2) is 6.54 Å². The molecule has 0 saturated carbocycles. The summed E-state index contributed by atoms with van der Waals surface area (Å²) in [6, 6.07) is 8.10. The van der Waals surface area contributed by atoms with Gasteiger partial charge >= 0.3 is 6.09 Å². The molecule has 0 spiro atoms. The van der Waals surface area contributed by atoms with E-state index in [9.17, 15) is 9.59 Å². The number of benzene rings is 1. The summed E-state index contributed by atoms with van der Waals surface area (Å²) in [6.45, 7) is 7.61. The van der Waals surface area contributed by atoms with E-state index in [1.165, 1.54) is 23.3 Å². The molecule has 138 valence electrons. The summed E-state index contributed by atoms with van der Waals surface area (Å²) in [6.07, 6.45) is 3.20. The Bertz CT molecular complexity index is 552. The van der Waals surface area contributed by atoms with Crippen LogP contribution in [0.15, 0.2) is 24.3 Å². The molecule has 1 aliphatic heterocycles. The molecule has 2 amide bonds. The SMILES string of the molecule is CCCCc1ccc(NC(=O)C[NH+]2CCN(C(=O)OCC)CC2)cc1. The number of aryl methyl sites for hydroxylation is 1. The summed E-state index contributed by atoms with van der Waals surface area (Å²) in [5, 5.41) is 2.96. The summed E-state index contributed by atoms with van der Waals surface area (Å²) in [5.74, 6) is 0.0147. The molecule has 1 aromatic carbocycles. The second kappa shape index (κ2) is 10.0. The molecule has 6 nitrogen and oxygen atoms in total. The predicted octanol–water partition coefficient (Wildman–Crippen LogP) is 1.32. The summed E-state index contributed by atoms with van der Waals surface area (Å²) < 4.78 is 5.01. The Morgan fingerprint density at radius 1 is 1.16 bits per heavy atom. The highest BCUT2D eigenvalue weighted by atomic mass is 16.6. The van der Waals surface area contributed by atoms with Crippen molar-refractivity contribution < 1.29 is 19.2 Å². The van der Waals surface area contributed by atoms with Crippen molar-refractivity contribution in [2.24, 2.45) is 0 Å². The third-order valence-electron chi connectivity index (χ3n) is 4.46. The number of ether oxygens (including phenoxy) is 1. The van der Waals surface area contributed by atoms with Gasteiger partial charge in [0.2, 0.25) is 0 Å². The van der Waals surface area contributed by atoms with Crippen LogP contribution in [0.3, 0.4) is 0 Å². The summed E-state index contributed by atoms with van der Waals surface area (Å²) in [7, 11) is 0. The minimum absolute atomic E-state index is 0.0147. The molecule has 0 unspecified atom stereocenters. The van der Waals surface area contributed by atoms with Crippen LogP contribution in [0.4, 0.5) is 10.5 Å². The minimum atomic E-state index is -0.255. The first-order valence-corrected chi connectivity index (χ1v) is 9.26. The van der Waals surface area contributed by atoms with Gasteiger partial charge in [-0.05, 0) is 37.5 Å². The average molecular weight is 348 g/mol. The van der Waals surface area contributed by atoms with Gasteiger partial charge in [0.05, 0.1) is 32.8 Å². The first kappa shape index (κ1) is 19.2. The van der Waals surface area contributed by atoms with Crippen LogP contribution in [0.1, 0.15) is 32.3 Å². The zero-order valence-corrected chi connectivity index (χ0v) is 15.3. The highest BCUT2D eigenvalue weighted by molar-refractivity contribution is 5.91. The Hall–Kier alpha value is -2.08. The van der Waals surface area contributed by atoms with Crippen LogP contribution in [0.25, 0.3) is 0 Å². The topological polar surface area (TPSA) is 63.1 Å². The van der Waals surface area contributed by atoms with Gasteiger partial charge in [-0.1, -0.05) is 25.5 Å². The fraction of sp³-hybridized carbons (Fsp3) is 0.579. The van der Waals surface area contributed by atoms with Crippen molar-refractivity contribution in [2.75, 3.05) is 44.6 Å². The number of nitrogens with one attached hydrogen (secondary N) is 2. The van der Waals surface area contributed by atoms with Crippen LogP contribution in [-0.4, -0.2) is 56.2 Å². The van der Waals surface area contributed by atoms with Crippen LogP contribution in [-0.2, 0) is 16.0 Å². The molecule has 0 aliphatic carbocycles. The highest BCUT2D eigenvalue weighted by Crippen LogP contribution is 2.11. The molecule has 1 saturated heterocycles. The van der Waals surface area contributed by atoms with Crippen LogP contribution < -0.4 is 10.2 Å². The number of hydrogen-bond donors (Lipinski definition) is 2. The molecule has 0 atom stereocenters. The van der Waals surface area contributed by atoms with Gasteiger partial charge in [-0.2, -0.15) is 0 Å². The lowest BCUT2D eigenvalue weighted by Gasteiger charge is -2.31. The normalized spacial score (nSPS) is 15.0. The van der Waals surface area contributed by atoms with E-state index in [2.05, 4.69) is 24.4 Å². The number of carbonyl (C=O) groups excluding carboxylic acids is 2. The molecule has 0 bridgehead atoms. The molecule has 1 fully saturated rings. The Morgan fingerprint density at radius 3 is 2.44 bits per heavy atom. The van der Waals surface area contributed by atoms with E-state index in [1.807, 2.05) is 12.1 Å². The van der Waals surface area contributed by atoms with E-state index in [4.69, 9.17) is 4.74 Å². The van der Waals surface area contributed by atoms with Crippen LogP contribution in [0, 0.1) is 0 Å². The van der Waals surface area contributed by atoms with E-state index in [0.29, 0.717) is 26.2 Å². The Morgan fingerprint density at radius 2 is 1.84 bits per heavy atom. The maximum Gasteiger partial charge on any atom is 0.410 e. The van der Waals surface area contributed by atoms with Gasteiger partial charge in [-0.3, -0.25) is 9.69 Å². The van der Waals surface area contributed by atoms with E-state index >= 15 is 0 Å². The number of unbranched alkanes of at least 4 members (excludes halogenated alkanes) is 1. The van der Waals surface area contributed by atoms with Crippen LogP contribution in [0.2, 0.25) is 0 Å². The van der Waals surface area contributed by atoms with E-state index in [0.717, 1.165) is 25.2 Å². The zero-order chi connectivity index (χ0) is 18.1. The Kier molecular flexibility index (Phi) is 7.73. The maximum atomic E-state index is 12.2. The zero-order valence-electron chi connectivity index (χ0n) is 15.3. The molecular formula is C19H30N3O3+. The number of piperazine rings is 1. The van der Waals surface area contributed by atoms with E-state index in [-0.39, 0.29) is 12.0 Å². The number of carbonyl (C=O) groups is 2. The van der Waals surface area contributed by atoms with Gasteiger partial charge < -0.3 is 15.0 Å². The third kappa shape index (κ3) is 6.38. The average Bonchev–Trinajstić information content (AvgIpc) is 2.62. The number of rotatable bonds is 7. The lowest BCUT2D eigenvalue weighted by Crippen LogP contribution is -3.15. The van der Waals surface area contributed by atoms with Crippen LogP contribution in [0.5, 0.6) is 0 Å². The fourth-order valence-electron chi connectivity index (χ4n) is 2.96. The summed E-state index contributed by atoms with van der Waals surface area (Å²) in [5.41, 5.74) is 2.15. The lowest BCUT2D eigenvalue weighted by atomic mass is 10.1. The molecule has 1 heterocycles. The molecule has 25 heavy (non-hydrogen) atoms. The quantitative estimate of drug-likeness (QED) is 0.781. The molecule has 2 rings (SSSR count). The Balaban J connectivity index is 1.73. The van der Waals surface area contributed by atoms with Gasteiger partial charge in [0.25, 0.3) is 5.91 Å². The molecule has 1 aromatic rings. The standard InChI is InChI=1S/C19H29N3O3/c1-3-5-6-16-7-9-17(10-8-16)20-18(23)15-21-11-13-22(14-12-21)19(24)25-4-2/h7-10H,3-6,11-15H2,1-2H3,(H,20,23)/p+1. The van der Waals surface area contributed by atoms with Crippen molar-refractivity contribution in [3.63, 3.8) is 0 Å². The van der Waals surface area contributed by atoms with Crippen molar-refractivity contribution in [2.45, 2.75) is 33.1 Å². The molecule has 0 aromatic heterocycles. The van der Waals surface area contributed by atoms with E-state index < -0.39 is 0 Å². The molecular weight excluding hydrogens is 318 g/mol. The Labute approximate surface area is 150 Å². The first-order chi connectivity index (χ1) is 12.1. The van der Waals surface area contributed by atoms with E-state index in [1.54, 1.807) is 11.8 Å². The molecule has 1 aliphatic rings. The highest BCUT2D eigenvalue weighted by Gasteiger charge is 2.25. The number of amides is 2. The summed E-state index contributed by atoms with van der Waals surface area (Å²) >= 11 is 0. The number of hydrogen-bond acceptors (Lipinski definition) is 3. The molecule has 2 N–H and O–H groups in total. The van der Waals surface area contributed by atoms with Gasteiger partial charge in [-0.25, -0.2) is 4.79 Å². The molecule has 6 heteroatoms. The monoisotopic (exact) mass is 348 g/mol. The van der Waals surface area contributed by atoms with Crippen molar-refractivity contribution in [1.82, 2.24) is 4.90 Å². The minimum Gasteiger partial charge on any atom is -0.450 e. The second-order valence-corrected chi connectivity index (χ2v) is 6.46. The molecule has 0 radical (unpaired) electrons. The number of quaternary nitrogens is 1. The second-order valence-electron chi connectivity index (χ2n) is 6.46. The van der Waals surface area contributed by atoms with Gasteiger partial charge in [0.1, 0.15) is 0 Å². The maximum absolute atomic E-state index is 12.2. The fourth-order valence-corrected chi connectivity index (χ4v) is 2.96. The van der Waals surface area contributed by atoms with Gasteiger partial charge in [0, 0.05) is 5.69 Å². The predicted molar refractivity (Wildman–Crippen MR) is 97.8 cm³/mol. The summed E-state index contributed by atoms with van der Waals surface area (Å²) in [4.78, 5) is 26.8. The smallest absolute Gasteiger partial charge is 0.410 e.